The highest BCUT2D eigenvalue weighted by Gasteiger charge is 2.56. The van der Waals surface area contributed by atoms with Gasteiger partial charge in [0.15, 0.2) is 0 Å². The van der Waals surface area contributed by atoms with Crippen LogP contribution in [0.5, 0.6) is 0 Å². The molecular weight excluding hydrogens is 354 g/mol. The first-order valence-electron chi connectivity index (χ1n) is 10.7. The Kier molecular flexibility index (Phi) is 3.22. The topological polar surface area (TPSA) is 16.4 Å². The van der Waals surface area contributed by atoms with E-state index in [0.717, 1.165) is 11.2 Å². The molecule has 2 heteroatoms. The molecule has 3 heterocycles. The molecule has 0 radical (unpaired) electrons. The summed E-state index contributed by atoms with van der Waals surface area (Å²) in [6.45, 7) is 9.56. The van der Waals surface area contributed by atoms with Crippen molar-refractivity contribution < 1.29 is 4.42 Å². The summed E-state index contributed by atoms with van der Waals surface area (Å²) in [4.78, 5) is 2.72. The van der Waals surface area contributed by atoms with Gasteiger partial charge in [0.2, 0.25) is 0 Å². The van der Waals surface area contributed by atoms with Crippen LogP contribution in [-0.4, -0.2) is 6.04 Å². The Labute approximate surface area is 172 Å². The van der Waals surface area contributed by atoms with E-state index in [9.17, 15) is 0 Å². The minimum absolute atomic E-state index is 0.0196. The maximum atomic E-state index is 6.15. The minimum atomic E-state index is 0.0196. The standard InChI is InChI=1S/C27H27NO/c1-17-15-25-20(19-9-5-8-12-24(19)29-25)16-23(17)28-18(2)26(3)13-14-27(28,4)22-11-7-6-10-21(22)26/h5-12,15-16,18H,13-14H2,1-4H3/t18-,26?,27?/m0/s1. The summed E-state index contributed by atoms with van der Waals surface area (Å²) in [6, 6.07) is 22.6. The van der Waals surface area contributed by atoms with Crippen molar-refractivity contribution in [3.8, 4) is 0 Å². The SMILES string of the molecule is Cc1cc2oc3ccccc3c2cc1N1[C@@H](C)C2(C)CCC1(C)c1ccccc12. The van der Waals surface area contributed by atoms with Crippen LogP contribution in [0.2, 0.25) is 0 Å². The number of anilines is 1. The lowest BCUT2D eigenvalue weighted by Crippen LogP contribution is -2.65. The smallest absolute Gasteiger partial charge is 0.135 e. The molecular formula is C27H27NO. The molecule has 1 aromatic heterocycles. The zero-order valence-electron chi connectivity index (χ0n) is 17.6. The quantitative estimate of drug-likeness (QED) is 0.350. The van der Waals surface area contributed by atoms with Crippen LogP contribution in [0.15, 0.2) is 65.1 Å². The average Bonchev–Trinajstić information content (AvgIpc) is 3.08. The molecule has 2 nitrogen and oxygen atoms in total. The van der Waals surface area contributed by atoms with Crippen LogP contribution in [0.3, 0.4) is 0 Å². The molecule has 0 amide bonds. The first-order valence-corrected chi connectivity index (χ1v) is 10.7. The summed E-state index contributed by atoms with van der Waals surface area (Å²) in [6.07, 6.45) is 2.43. The molecule has 146 valence electrons. The van der Waals surface area contributed by atoms with E-state index >= 15 is 0 Å². The van der Waals surface area contributed by atoms with Crippen LogP contribution in [0.4, 0.5) is 5.69 Å². The fraction of sp³-hybridized carbons (Fsp3) is 0.333. The molecule has 2 aliphatic heterocycles. The molecule has 0 spiro atoms. The lowest BCUT2D eigenvalue weighted by Gasteiger charge is -2.63. The number of hydrogen-bond acceptors (Lipinski definition) is 2. The van der Waals surface area contributed by atoms with E-state index in [2.05, 4.69) is 87.2 Å². The summed E-state index contributed by atoms with van der Waals surface area (Å²) in [7, 11) is 0. The average molecular weight is 382 g/mol. The van der Waals surface area contributed by atoms with Crippen molar-refractivity contribution in [2.45, 2.75) is 57.5 Å². The fourth-order valence-electron chi connectivity index (χ4n) is 6.22. The van der Waals surface area contributed by atoms with Crippen LogP contribution < -0.4 is 4.90 Å². The van der Waals surface area contributed by atoms with Gasteiger partial charge in [-0.25, -0.2) is 0 Å². The Morgan fingerprint density at radius 3 is 2.41 bits per heavy atom. The highest BCUT2D eigenvalue weighted by atomic mass is 16.3. The van der Waals surface area contributed by atoms with Crippen molar-refractivity contribution in [1.29, 1.82) is 0 Å². The highest BCUT2D eigenvalue weighted by Crippen LogP contribution is 2.58. The van der Waals surface area contributed by atoms with E-state index in [-0.39, 0.29) is 11.0 Å². The summed E-state index contributed by atoms with van der Waals surface area (Å²) >= 11 is 0. The number of aryl methyl sites for hydroxylation is 1. The predicted molar refractivity (Wildman–Crippen MR) is 121 cm³/mol. The van der Waals surface area contributed by atoms with Gasteiger partial charge in [-0.2, -0.15) is 0 Å². The van der Waals surface area contributed by atoms with Gasteiger partial charge in [-0.1, -0.05) is 49.4 Å². The Balaban J connectivity index is 1.63. The molecule has 1 saturated heterocycles. The van der Waals surface area contributed by atoms with Gasteiger partial charge in [0.05, 0.1) is 5.54 Å². The van der Waals surface area contributed by atoms with Crippen molar-refractivity contribution in [2.24, 2.45) is 0 Å². The lowest BCUT2D eigenvalue weighted by atomic mass is 9.56. The maximum Gasteiger partial charge on any atom is 0.135 e. The zero-order chi connectivity index (χ0) is 20.0. The Bertz CT molecular complexity index is 1280. The molecule has 7 rings (SSSR count). The van der Waals surface area contributed by atoms with Gasteiger partial charge in [0.1, 0.15) is 11.2 Å². The van der Waals surface area contributed by atoms with E-state index < -0.39 is 0 Å². The normalized spacial score (nSPS) is 28.3. The summed E-state index contributed by atoms with van der Waals surface area (Å²) in [5, 5.41) is 2.42. The summed E-state index contributed by atoms with van der Waals surface area (Å²) in [5.41, 5.74) is 7.83. The number of furan rings is 1. The monoisotopic (exact) mass is 381 g/mol. The number of rotatable bonds is 1. The predicted octanol–water partition coefficient (Wildman–Crippen LogP) is 7.07. The molecule has 3 atom stereocenters. The van der Waals surface area contributed by atoms with Crippen molar-refractivity contribution in [2.75, 3.05) is 4.90 Å². The zero-order valence-corrected chi connectivity index (χ0v) is 17.6. The third-order valence-corrected chi connectivity index (χ3v) is 8.05. The van der Waals surface area contributed by atoms with Gasteiger partial charge in [0, 0.05) is 27.9 Å². The van der Waals surface area contributed by atoms with E-state index in [1.807, 2.05) is 6.07 Å². The lowest BCUT2D eigenvalue weighted by molar-refractivity contribution is 0.166. The maximum absolute atomic E-state index is 6.15. The number of fused-ring (bicyclic) bond motifs is 5. The number of hydrogen-bond donors (Lipinski definition) is 0. The second kappa shape index (κ2) is 5.44. The van der Waals surface area contributed by atoms with Crippen molar-refractivity contribution in [3.05, 3.63) is 77.4 Å². The van der Waals surface area contributed by atoms with Crippen LogP contribution in [0.25, 0.3) is 21.9 Å². The second-order valence-electron chi connectivity index (χ2n) is 9.52. The van der Waals surface area contributed by atoms with Gasteiger partial charge in [0.25, 0.3) is 0 Å². The second-order valence-corrected chi connectivity index (χ2v) is 9.52. The van der Waals surface area contributed by atoms with Crippen LogP contribution >= 0.6 is 0 Å². The summed E-state index contributed by atoms with van der Waals surface area (Å²) < 4.78 is 6.15. The number of nitrogens with zero attached hydrogens (tertiary/aromatic N) is 1. The highest BCUT2D eigenvalue weighted by molar-refractivity contribution is 6.06. The van der Waals surface area contributed by atoms with Crippen molar-refractivity contribution in [1.82, 2.24) is 0 Å². The van der Waals surface area contributed by atoms with Gasteiger partial charge >= 0.3 is 0 Å². The van der Waals surface area contributed by atoms with E-state index in [4.69, 9.17) is 4.42 Å². The van der Waals surface area contributed by atoms with Crippen LogP contribution in [0, 0.1) is 6.92 Å². The first kappa shape index (κ1) is 17.1. The first-order chi connectivity index (χ1) is 13.9. The molecule has 1 fully saturated rings. The van der Waals surface area contributed by atoms with Crippen LogP contribution in [0.1, 0.15) is 50.3 Å². The number of benzene rings is 3. The Morgan fingerprint density at radius 2 is 1.59 bits per heavy atom. The molecule has 0 saturated carbocycles. The molecule has 2 unspecified atom stereocenters. The van der Waals surface area contributed by atoms with Crippen molar-refractivity contribution >= 4 is 27.6 Å². The van der Waals surface area contributed by atoms with Crippen molar-refractivity contribution in [3.63, 3.8) is 0 Å². The molecule has 4 aromatic rings. The number of para-hydroxylation sites is 1. The van der Waals surface area contributed by atoms with Gasteiger partial charge in [-0.15, -0.1) is 0 Å². The largest absolute Gasteiger partial charge is 0.456 e. The summed E-state index contributed by atoms with van der Waals surface area (Å²) in [5.74, 6) is 0. The van der Waals surface area contributed by atoms with E-state index in [1.54, 1.807) is 5.56 Å². The molecule has 0 N–H and O–H groups in total. The molecule has 3 aliphatic rings. The van der Waals surface area contributed by atoms with Gasteiger partial charge in [-0.05, 0) is 68.5 Å². The molecule has 1 aliphatic carbocycles. The third kappa shape index (κ3) is 2.02. The molecule has 29 heavy (non-hydrogen) atoms. The fourth-order valence-corrected chi connectivity index (χ4v) is 6.22. The third-order valence-electron chi connectivity index (χ3n) is 8.05. The van der Waals surface area contributed by atoms with E-state index in [1.165, 1.54) is 40.4 Å². The Hall–Kier alpha value is -2.74. The van der Waals surface area contributed by atoms with E-state index in [0.29, 0.717) is 6.04 Å². The van der Waals surface area contributed by atoms with Crippen LogP contribution in [-0.2, 0) is 11.0 Å². The van der Waals surface area contributed by atoms with Gasteiger partial charge in [-0.3, -0.25) is 0 Å². The molecule has 2 bridgehead atoms. The minimum Gasteiger partial charge on any atom is -0.456 e. The number of piperidine rings is 1. The Morgan fingerprint density at radius 1 is 0.862 bits per heavy atom. The van der Waals surface area contributed by atoms with Gasteiger partial charge < -0.3 is 9.32 Å². The molecule has 3 aromatic carbocycles.